The molecule has 2 unspecified atom stereocenters. The van der Waals surface area contributed by atoms with Crippen LogP contribution in [0.1, 0.15) is 29.7 Å². The summed E-state index contributed by atoms with van der Waals surface area (Å²) in [7, 11) is 1.86. The number of hydrogen-bond donors (Lipinski definition) is 1. The molecule has 0 bridgehead atoms. The lowest BCUT2D eigenvalue weighted by Gasteiger charge is -2.18. The second-order valence-electron chi connectivity index (χ2n) is 5.39. The van der Waals surface area contributed by atoms with Gasteiger partial charge in [0.2, 0.25) is 0 Å². The zero-order chi connectivity index (χ0) is 15.0. The van der Waals surface area contributed by atoms with Crippen molar-refractivity contribution >= 4 is 11.6 Å². The molecule has 2 aromatic rings. The molecule has 0 spiro atoms. The fourth-order valence-corrected chi connectivity index (χ4v) is 2.96. The molecular weight excluding hydrogens is 289 g/mol. The molecule has 0 amide bonds. The Balaban J connectivity index is 1.97. The molecule has 4 heteroatoms. The lowest BCUT2D eigenvalue weighted by atomic mass is 9.96. The molecule has 3 rings (SSSR count). The van der Waals surface area contributed by atoms with Crippen LogP contribution in [0, 0.1) is 5.82 Å². The highest BCUT2D eigenvalue weighted by Crippen LogP contribution is 2.33. The van der Waals surface area contributed by atoms with Gasteiger partial charge in [0.1, 0.15) is 17.7 Å². The van der Waals surface area contributed by atoms with Crippen molar-refractivity contribution in [3.8, 4) is 5.75 Å². The van der Waals surface area contributed by atoms with Crippen molar-refractivity contribution in [2.24, 2.45) is 0 Å². The molecule has 1 aliphatic rings. The van der Waals surface area contributed by atoms with Gasteiger partial charge in [0.15, 0.2) is 0 Å². The topological polar surface area (TPSA) is 21.3 Å². The average molecular weight is 306 g/mol. The van der Waals surface area contributed by atoms with Gasteiger partial charge in [-0.1, -0.05) is 29.8 Å². The van der Waals surface area contributed by atoms with Crippen LogP contribution in [0.4, 0.5) is 4.39 Å². The summed E-state index contributed by atoms with van der Waals surface area (Å²) in [5.74, 6) is 0.552. The highest BCUT2D eigenvalue weighted by atomic mass is 35.5. The largest absolute Gasteiger partial charge is 0.490 e. The molecule has 0 saturated heterocycles. The third-order valence-electron chi connectivity index (χ3n) is 3.82. The summed E-state index contributed by atoms with van der Waals surface area (Å²) >= 11 is 5.76. The molecular formula is C17H17ClFNO. The highest BCUT2D eigenvalue weighted by Gasteiger charge is 2.21. The van der Waals surface area contributed by atoms with Crippen molar-refractivity contribution in [1.29, 1.82) is 0 Å². The molecule has 0 aliphatic carbocycles. The predicted octanol–water partition coefficient (Wildman–Crippen LogP) is 4.11. The van der Waals surface area contributed by atoms with Crippen LogP contribution in [0.25, 0.3) is 0 Å². The molecule has 1 N–H and O–H groups in total. The van der Waals surface area contributed by atoms with Gasteiger partial charge in [0.05, 0.1) is 11.1 Å². The van der Waals surface area contributed by atoms with E-state index in [1.54, 1.807) is 6.07 Å². The van der Waals surface area contributed by atoms with Gasteiger partial charge in [-0.3, -0.25) is 0 Å². The molecule has 0 aromatic heterocycles. The maximum Gasteiger partial charge on any atom is 0.142 e. The van der Waals surface area contributed by atoms with Crippen molar-refractivity contribution in [2.45, 2.75) is 25.5 Å². The van der Waals surface area contributed by atoms with E-state index >= 15 is 0 Å². The number of rotatable bonds is 3. The summed E-state index contributed by atoms with van der Waals surface area (Å²) in [6, 6.07) is 11.0. The van der Waals surface area contributed by atoms with Crippen LogP contribution in [-0.2, 0) is 6.42 Å². The van der Waals surface area contributed by atoms with E-state index in [1.807, 2.05) is 25.2 Å². The molecule has 2 nitrogen and oxygen atoms in total. The van der Waals surface area contributed by atoms with Crippen molar-refractivity contribution in [3.63, 3.8) is 0 Å². The van der Waals surface area contributed by atoms with Crippen molar-refractivity contribution in [1.82, 2.24) is 5.32 Å². The molecule has 21 heavy (non-hydrogen) atoms. The maximum atomic E-state index is 13.7. The number of fused-ring (bicyclic) bond motifs is 1. The maximum absolute atomic E-state index is 13.7. The third kappa shape index (κ3) is 2.76. The van der Waals surface area contributed by atoms with Gasteiger partial charge in [0, 0.05) is 6.42 Å². The average Bonchev–Trinajstić information content (AvgIpc) is 2.83. The van der Waals surface area contributed by atoms with Gasteiger partial charge in [-0.25, -0.2) is 4.39 Å². The Morgan fingerprint density at radius 3 is 2.67 bits per heavy atom. The smallest absolute Gasteiger partial charge is 0.142 e. The van der Waals surface area contributed by atoms with E-state index in [9.17, 15) is 4.39 Å². The first-order valence-electron chi connectivity index (χ1n) is 7.00. The number of halogens is 2. The molecule has 0 fully saturated rings. The summed E-state index contributed by atoms with van der Waals surface area (Å²) < 4.78 is 19.4. The Morgan fingerprint density at radius 1 is 1.24 bits per heavy atom. The van der Waals surface area contributed by atoms with Gasteiger partial charge in [-0.15, -0.1) is 0 Å². The standard InChI is InChI=1S/C17H17ClFNO/c1-10-7-13-8-11(4-6-16(13)21-10)17(20-2)12-3-5-14(18)15(19)9-12/h3-6,8-10,17,20H,7H2,1-2H3. The zero-order valence-corrected chi connectivity index (χ0v) is 12.7. The Bertz CT molecular complexity index is 674. The minimum absolute atomic E-state index is 0.0713. The molecule has 0 radical (unpaired) electrons. The number of nitrogens with one attached hydrogen (secondary N) is 1. The number of hydrogen-bond acceptors (Lipinski definition) is 2. The monoisotopic (exact) mass is 305 g/mol. The first-order valence-corrected chi connectivity index (χ1v) is 7.38. The zero-order valence-electron chi connectivity index (χ0n) is 12.0. The summed E-state index contributed by atoms with van der Waals surface area (Å²) in [6.07, 6.45) is 1.13. The molecule has 0 saturated carbocycles. The van der Waals surface area contributed by atoms with E-state index in [0.29, 0.717) is 0 Å². The first-order chi connectivity index (χ1) is 10.1. The Kier molecular flexibility index (Phi) is 3.87. The third-order valence-corrected chi connectivity index (χ3v) is 4.13. The molecule has 1 heterocycles. The fourth-order valence-electron chi connectivity index (χ4n) is 2.84. The quantitative estimate of drug-likeness (QED) is 0.921. The van der Waals surface area contributed by atoms with Crippen molar-refractivity contribution < 1.29 is 9.13 Å². The second kappa shape index (κ2) is 5.66. The fraction of sp³-hybridized carbons (Fsp3) is 0.294. The number of ether oxygens (including phenoxy) is 1. The Hall–Kier alpha value is -1.58. The van der Waals surface area contributed by atoms with Crippen LogP contribution in [0.15, 0.2) is 36.4 Å². The summed E-state index contributed by atoms with van der Waals surface area (Å²) in [4.78, 5) is 0. The molecule has 1 aliphatic heterocycles. The van der Waals surface area contributed by atoms with Crippen LogP contribution in [-0.4, -0.2) is 13.2 Å². The van der Waals surface area contributed by atoms with Gasteiger partial charge >= 0.3 is 0 Å². The molecule has 110 valence electrons. The van der Waals surface area contributed by atoms with E-state index in [4.69, 9.17) is 16.3 Å². The van der Waals surface area contributed by atoms with Gasteiger partial charge in [-0.05, 0) is 48.9 Å². The van der Waals surface area contributed by atoms with Crippen molar-refractivity contribution in [2.75, 3.05) is 7.05 Å². The van der Waals surface area contributed by atoms with Crippen molar-refractivity contribution in [3.05, 3.63) is 63.9 Å². The summed E-state index contributed by atoms with van der Waals surface area (Å²) in [5.41, 5.74) is 3.15. The van der Waals surface area contributed by atoms with E-state index < -0.39 is 5.82 Å². The van der Waals surface area contributed by atoms with E-state index in [-0.39, 0.29) is 17.2 Å². The van der Waals surface area contributed by atoms with Crippen LogP contribution in [0.5, 0.6) is 5.75 Å². The van der Waals surface area contributed by atoms with E-state index in [2.05, 4.69) is 18.3 Å². The summed E-state index contributed by atoms with van der Waals surface area (Å²) in [5, 5.41) is 3.38. The Morgan fingerprint density at radius 2 is 1.95 bits per heavy atom. The van der Waals surface area contributed by atoms with E-state index in [0.717, 1.165) is 23.3 Å². The minimum atomic E-state index is -0.396. The lowest BCUT2D eigenvalue weighted by Crippen LogP contribution is -2.18. The molecule has 2 aromatic carbocycles. The van der Waals surface area contributed by atoms with Gasteiger partial charge in [-0.2, -0.15) is 0 Å². The lowest BCUT2D eigenvalue weighted by molar-refractivity contribution is 0.254. The minimum Gasteiger partial charge on any atom is -0.490 e. The second-order valence-corrected chi connectivity index (χ2v) is 5.80. The number of benzene rings is 2. The first kappa shape index (κ1) is 14.4. The SMILES string of the molecule is CNC(c1ccc(Cl)c(F)c1)c1ccc2c(c1)CC(C)O2. The van der Waals surface area contributed by atoms with E-state index in [1.165, 1.54) is 11.6 Å². The Labute approximate surface area is 128 Å². The van der Waals surface area contributed by atoms with Crippen LogP contribution in [0.2, 0.25) is 5.02 Å². The normalized spacial score (nSPS) is 18.2. The summed E-state index contributed by atoms with van der Waals surface area (Å²) in [6.45, 7) is 2.06. The van der Waals surface area contributed by atoms with Gasteiger partial charge in [0.25, 0.3) is 0 Å². The van der Waals surface area contributed by atoms with Crippen LogP contribution < -0.4 is 10.1 Å². The van der Waals surface area contributed by atoms with Crippen LogP contribution >= 0.6 is 11.6 Å². The molecule has 2 atom stereocenters. The predicted molar refractivity (Wildman–Crippen MR) is 82.5 cm³/mol. The van der Waals surface area contributed by atoms with Gasteiger partial charge < -0.3 is 10.1 Å². The van der Waals surface area contributed by atoms with Crippen LogP contribution in [0.3, 0.4) is 0 Å². The highest BCUT2D eigenvalue weighted by molar-refractivity contribution is 6.30.